The molecule has 0 spiro atoms. The van der Waals surface area contributed by atoms with Crippen molar-refractivity contribution in [1.82, 2.24) is 24.5 Å². The highest BCUT2D eigenvalue weighted by molar-refractivity contribution is 14.0. The van der Waals surface area contributed by atoms with Crippen molar-refractivity contribution < 1.29 is 0 Å². The minimum atomic E-state index is 0. The molecule has 1 N–H and O–H groups in total. The summed E-state index contributed by atoms with van der Waals surface area (Å²) >= 11 is 1.52. The van der Waals surface area contributed by atoms with E-state index < -0.39 is 0 Å². The van der Waals surface area contributed by atoms with Crippen molar-refractivity contribution in [3.63, 3.8) is 0 Å². The second kappa shape index (κ2) is 14.3. The number of aromatic nitrogens is 2. The Morgan fingerprint density at radius 2 is 1.79 bits per heavy atom. The van der Waals surface area contributed by atoms with E-state index in [9.17, 15) is 0 Å². The lowest BCUT2D eigenvalue weighted by molar-refractivity contribution is 0.271. The normalized spacial score (nSPS) is 15.1. The number of hydrogen-bond donors (Lipinski definition) is 1. The number of halogens is 1. The Bertz CT molecular complexity index is 552. The lowest BCUT2D eigenvalue weighted by Crippen LogP contribution is -2.52. The maximum atomic E-state index is 4.61. The zero-order chi connectivity index (χ0) is 19.5. The topological polar surface area (TPSA) is 59.9 Å². The molecule has 0 bridgehead atoms. The Kier molecular flexibility index (Phi) is 13.0. The number of aliphatic imine (C=N–C) groups is 1. The molecule has 1 aliphatic rings. The molecule has 2 heterocycles. The highest BCUT2D eigenvalue weighted by atomic mass is 127. The van der Waals surface area contributed by atoms with Crippen LogP contribution in [0.5, 0.6) is 0 Å². The van der Waals surface area contributed by atoms with Gasteiger partial charge in [0.15, 0.2) is 5.96 Å². The molecule has 28 heavy (non-hydrogen) atoms. The van der Waals surface area contributed by atoms with Crippen LogP contribution in [0, 0.1) is 0 Å². The lowest BCUT2D eigenvalue weighted by atomic mass is 10.3. The third-order valence-electron chi connectivity index (χ3n) is 4.85. The van der Waals surface area contributed by atoms with Crippen molar-refractivity contribution in [3.05, 3.63) is 5.82 Å². The predicted molar refractivity (Wildman–Crippen MR) is 131 cm³/mol. The summed E-state index contributed by atoms with van der Waals surface area (Å²) in [5.41, 5.74) is 0. The second-order valence-electron chi connectivity index (χ2n) is 6.99. The van der Waals surface area contributed by atoms with Crippen LogP contribution in [0.1, 0.15) is 45.9 Å². The summed E-state index contributed by atoms with van der Waals surface area (Å²) in [4.78, 5) is 16.4. The van der Waals surface area contributed by atoms with Crippen LogP contribution in [0.2, 0.25) is 0 Å². The van der Waals surface area contributed by atoms with Crippen LogP contribution in [-0.4, -0.2) is 84.5 Å². The summed E-state index contributed by atoms with van der Waals surface area (Å²) in [5.74, 6) is 1.98. The Labute approximate surface area is 192 Å². The average molecular weight is 524 g/mol. The van der Waals surface area contributed by atoms with E-state index in [1.54, 1.807) is 0 Å². The maximum absolute atomic E-state index is 4.61. The summed E-state index contributed by atoms with van der Waals surface area (Å²) in [5, 5.41) is 4.61. The van der Waals surface area contributed by atoms with Crippen LogP contribution in [-0.2, 0) is 6.42 Å². The van der Waals surface area contributed by atoms with Gasteiger partial charge < -0.3 is 20.0 Å². The van der Waals surface area contributed by atoms with E-state index in [1.165, 1.54) is 37.5 Å². The number of piperazine rings is 1. The first kappa shape index (κ1) is 25.4. The van der Waals surface area contributed by atoms with Crippen LogP contribution < -0.4 is 10.2 Å². The van der Waals surface area contributed by atoms with Gasteiger partial charge in [-0.25, -0.2) is 4.98 Å². The van der Waals surface area contributed by atoms with Crippen molar-refractivity contribution >= 4 is 46.6 Å². The monoisotopic (exact) mass is 523 g/mol. The van der Waals surface area contributed by atoms with Crippen molar-refractivity contribution in [3.8, 4) is 0 Å². The molecule has 0 atom stereocenters. The fraction of sp³-hybridized carbons (Fsp3) is 0.842. The van der Waals surface area contributed by atoms with E-state index in [2.05, 4.69) is 55.1 Å². The van der Waals surface area contributed by atoms with Gasteiger partial charge in [-0.1, -0.05) is 20.8 Å². The Morgan fingerprint density at radius 3 is 2.32 bits per heavy atom. The second-order valence-corrected chi connectivity index (χ2v) is 7.72. The van der Waals surface area contributed by atoms with Gasteiger partial charge in [-0.2, -0.15) is 4.37 Å². The van der Waals surface area contributed by atoms with Gasteiger partial charge in [0.25, 0.3) is 0 Å². The van der Waals surface area contributed by atoms with Gasteiger partial charge in [0.2, 0.25) is 5.13 Å². The molecule has 1 saturated heterocycles. The van der Waals surface area contributed by atoms with Gasteiger partial charge >= 0.3 is 0 Å². The smallest absolute Gasteiger partial charge is 0.205 e. The van der Waals surface area contributed by atoms with Crippen molar-refractivity contribution in [2.24, 2.45) is 4.99 Å². The zero-order valence-corrected chi connectivity index (χ0v) is 21.1. The van der Waals surface area contributed by atoms with Gasteiger partial charge in [0.05, 0.1) is 0 Å². The first-order valence-electron chi connectivity index (χ1n) is 10.5. The summed E-state index contributed by atoms with van der Waals surface area (Å²) in [6.45, 7) is 15.1. The number of hydrogen-bond acceptors (Lipinski definition) is 6. The maximum Gasteiger partial charge on any atom is 0.205 e. The molecular formula is C19H38IN7S. The first-order valence-corrected chi connectivity index (χ1v) is 11.2. The highest BCUT2D eigenvalue weighted by Crippen LogP contribution is 2.19. The number of nitrogens with zero attached hydrogens (tertiary/aromatic N) is 6. The molecule has 1 aromatic heterocycles. The molecule has 0 aromatic carbocycles. The number of rotatable bonds is 10. The molecule has 0 amide bonds. The average Bonchev–Trinajstić information content (AvgIpc) is 3.18. The zero-order valence-electron chi connectivity index (χ0n) is 18.0. The largest absolute Gasteiger partial charge is 0.356 e. The summed E-state index contributed by atoms with van der Waals surface area (Å²) in [6, 6.07) is 0. The molecular weight excluding hydrogens is 485 g/mol. The first-order chi connectivity index (χ1) is 13.2. The lowest BCUT2D eigenvalue weighted by Gasteiger charge is -2.36. The summed E-state index contributed by atoms with van der Waals surface area (Å²) < 4.78 is 4.41. The van der Waals surface area contributed by atoms with Crippen LogP contribution in [0.15, 0.2) is 4.99 Å². The SMILES string of the molecule is CCCN(CCC)CCCNC(=NC)N1CCN(c2nc(CC)ns2)CC1.I. The van der Waals surface area contributed by atoms with E-state index in [0.29, 0.717) is 0 Å². The fourth-order valence-electron chi connectivity index (χ4n) is 3.43. The molecule has 1 aliphatic heterocycles. The van der Waals surface area contributed by atoms with E-state index in [0.717, 1.165) is 69.0 Å². The molecule has 7 nitrogen and oxygen atoms in total. The highest BCUT2D eigenvalue weighted by Gasteiger charge is 2.21. The predicted octanol–water partition coefficient (Wildman–Crippen LogP) is 2.93. The van der Waals surface area contributed by atoms with Gasteiger partial charge in [-0.05, 0) is 38.9 Å². The number of anilines is 1. The molecule has 9 heteroatoms. The third kappa shape index (κ3) is 7.98. The summed E-state index contributed by atoms with van der Waals surface area (Å²) in [7, 11) is 1.88. The van der Waals surface area contributed by atoms with Crippen molar-refractivity contribution in [2.75, 3.05) is 64.3 Å². The van der Waals surface area contributed by atoms with E-state index in [-0.39, 0.29) is 24.0 Å². The van der Waals surface area contributed by atoms with E-state index in [4.69, 9.17) is 0 Å². The van der Waals surface area contributed by atoms with Crippen LogP contribution >= 0.6 is 35.5 Å². The Hall–Kier alpha value is -0.680. The van der Waals surface area contributed by atoms with Gasteiger partial charge in [0.1, 0.15) is 5.82 Å². The third-order valence-corrected chi connectivity index (χ3v) is 5.66. The minimum Gasteiger partial charge on any atom is -0.356 e. The molecule has 0 aliphatic carbocycles. The van der Waals surface area contributed by atoms with Crippen LogP contribution in [0.25, 0.3) is 0 Å². The van der Waals surface area contributed by atoms with Crippen LogP contribution in [0.4, 0.5) is 5.13 Å². The number of aryl methyl sites for hydroxylation is 1. The summed E-state index contributed by atoms with van der Waals surface area (Å²) in [6.07, 6.45) is 4.52. The number of nitrogens with one attached hydrogen (secondary N) is 1. The molecule has 0 saturated carbocycles. The Balaban J connectivity index is 0.00000392. The molecule has 0 unspecified atom stereocenters. The van der Waals surface area contributed by atoms with E-state index >= 15 is 0 Å². The molecule has 1 fully saturated rings. The van der Waals surface area contributed by atoms with E-state index in [1.807, 2.05) is 7.05 Å². The van der Waals surface area contributed by atoms with Crippen LogP contribution in [0.3, 0.4) is 0 Å². The van der Waals surface area contributed by atoms with Gasteiger partial charge in [0, 0.05) is 57.7 Å². The Morgan fingerprint density at radius 1 is 1.11 bits per heavy atom. The van der Waals surface area contributed by atoms with Crippen molar-refractivity contribution in [2.45, 2.75) is 46.5 Å². The fourth-order valence-corrected chi connectivity index (χ4v) is 4.23. The van der Waals surface area contributed by atoms with Gasteiger partial charge in [-0.15, -0.1) is 24.0 Å². The number of guanidine groups is 1. The van der Waals surface area contributed by atoms with Crippen molar-refractivity contribution in [1.29, 1.82) is 0 Å². The molecule has 2 rings (SSSR count). The minimum absolute atomic E-state index is 0. The molecule has 0 radical (unpaired) electrons. The molecule has 162 valence electrons. The quantitative estimate of drug-likeness (QED) is 0.220. The standard InChI is InChI=1S/C19H37N7S.HI/c1-5-10-24(11-6-2)12-8-9-21-18(20-4)25-13-15-26(16-14-25)19-22-17(7-3)23-27-19;/h5-16H2,1-4H3,(H,20,21);1H. The molecule has 1 aromatic rings. The van der Waals surface area contributed by atoms with Gasteiger partial charge in [-0.3, -0.25) is 4.99 Å².